The van der Waals surface area contributed by atoms with Gasteiger partial charge in [-0.15, -0.1) is 0 Å². The van der Waals surface area contributed by atoms with Crippen molar-refractivity contribution < 1.29 is 9.85 Å². The molecule has 0 aromatic heterocycles. The number of hydrogen-bond acceptors (Lipinski definition) is 8. The number of non-ortho nitro benzene ring substituents is 2. The number of nitro benzene ring substituents is 2. The van der Waals surface area contributed by atoms with Crippen molar-refractivity contribution in [3.8, 4) is 6.07 Å². The van der Waals surface area contributed by atoms with E-state index >= 15 is 0 Å². The third-order valence-corrected chi connectivity index (χ3v) is 1.98. The van der Waals surface area contributed by atoms with Gasteiger partial charge in [-0.3, -0.25) is 31.1 Å². The van der Waals surface area contributed by atoms with Crippen molar-refractivity contribution in [2.75, 3.05) is 5.43 Å². The molecule has 0 saturated heterocycles. The molecular formula is C9H7N7O4. The van der Waals surface area contributed by atoms with E-state index in [0.717, 1.165) is 18.2 Å². The number of nitrogens with one attached hydrogen (secondary N) is 2. The Morgan fingerprint density at radius 1 is 1.30 bits per heavy atom. The van der Waals surface area contributed by atoms with Gasteiger partial charge in [-0.25, -0.2) is 0 Å². The van der Waals surface area contributed by atoms with Crippen LogP contribution in [0.15, 0.2) is 23.3 Å². The smallest absolute Gasteiger partial charge is 0.278 e. The molecule has 4 N–H and O–H groups in total. The van der Waals surface area contributed by atoms with Crippen LogP contribution in [0.4, 0.5) is 17.1 Å². The van der Waals surface area contributed by atoms with Gasteiger partial charge in [0, 0.05) is 12.1 Å². The normalized spacial score (nSPS) is 10.4. The number of hydrazone groups is 1. The van der Waals surface area contributed by atoms with E-state index in [4.69, 9.17) is 16.4 Å². The van der Waals surface area contributed by atoms with Crippen LogP contribution in [0, 0.1) is 37.0 Å². The van der Waals surface area contributed by atoms with Crippen LogP contribution < -0.4 is 11.2 Å². The van der Waals surface area contributed by atoms with Gasteiger partial charge in [0.15, 0.2) is 5.84 Å². The highest BCUT2D eigenvalue weighted by molar-refractivity contribution is 6.45. The molecule has 0 aliphatic heterocycles. The number of nitrogens with two attached hydrogens (primary N) is 1. The lowest BCUT2D eigenvalue weighted by Gasteiger charge is -2.01. The molecule has 0 saturated carbocycles. The number of nitrogens with zero attached hydrogens (tertiary/aromatic N) is 4. The van der Waals surface area contributed by atoms with Crippen molar-refractivity contribution in [1.82, 2.24) is 0 Å². The molecule has 0 heterocycles. The fourth-order valence-electron chi connectivity index (χ4n) is 1.14. The van der Waals surface area contributed by atoms with E-state index in [1.165, 1.54) is 6.07 Å². The van der Waals surface area contributed by atoms with E-state index < -0.39 is 32.8 Å². The fraction of sp³-hybridized carbons (Fsp3) is 0. The van der Waals surface area contributed by atoms with E-state index in [-0.39, 0.29) is 5.69 Å². The van der Waals surface area contributed by atoms with E-state index in [9.17, 15) is 20.2 Å². The van der Waals surface area contributed by atoms with Gasteiger partial charge >= 0.3 is 0 Å². The molecule has 20 heavy (non-hydrogen) atoms. The summed E-state index contributed by atoms with van der Waals surface area (Å²) in [6.45, 7) is 0. The lowest BCUT2D eigenvalue weighted by molar-refractivity contribution is -0.394. The minimum Gasteiger partial charge on any atom is -0.382 e. The van der Waals surface area contributed by atoms with Gasteiger partial charge in [-0.2, -0.15) is 10.4 Å². The van der Waals surface area contributed by atoms with E-state index in [2.05, 4.69) is 10.5 Å². The molecule has 0 radical (unpaired) electrons. The summed E-state index contributed by atoms with van der Waals surface area (Å²) in [7, 11) is 0. The van der Waals surface area contributed by atoms with Gasteiger partial charge in [0.25, 0.3) is 11.4 Å². The molecule has 102 valence electrons. The summed E-state index contributed by atoms with van der Waals surface area (Å²) in [5.41, 5.74) is 5.67. The molecule has 0 aliphatic rings. The predicted molar refractivity (Wildman–Crippen MR) is 68.3 cm³/mol. The Morgan fingerprint density at radius 3 is 2.15 bits per heavy atom. The highest BCUT2D eigenvalue weighted by atomic mass is 16.6. The zero-order chi connectivity index (χ0) is 15.3. The first-order valence-electron chi connectivity index (χ1n) is 4.87. The Balaban J connectivity index is 3.19. The molecular weight excluding hydrogens is 270 g/mol. The minimum absolute atomic E-state index is 0.0834. The van der Waals surface area contributed by atoms with Crippen molar-refractivity contribution in [2.45, 2.75) is 0 Å². The van der Waals surface area contributed by atoms with Crippen LogP contribution in [0.25, 0.3) is 0 Å². The standard InChI is InChI=1S/C9H7N7O4/c10-4-8(9(11)12)14-13-5-1-6(15(17)18)3-7(2-5)16(19)20/h1-3,13H,(H3,11,12)/b14-8+. The number of nitriles is 1. The maximum Gasteiger partial charge on any atom is 0.278 e. The van der Waals surface area contributed by atoms with Gasteiger partial charge in [0.05, 0.1) is 21.6 Å². The second-order valence-corrected chi connectivity index (χ2v) is 3.35. The second kappa shape index (κ2) is 5.87. The van der Waals surface area contributed by atoms with Gasteiger partial charge in [-0.1, -0.05) is 0 Å². The highest BCUT2D eigenvalue weighted by Crippen LogP contribution is 2.25. The molecule has 0 amide bonds. The maximum absolute atomic E-state index is 10.6. The Labute approximate surface area is 111 Å². The second-order valence-electron chi connectivity index (χ2n) is 3.35. The van der Waals surface area contributed by atoms with Crippen LogP contribution in [0.1, 0.15) is 0 Å². The summed E-state index contributed by atoms with van der Waals surface area (Å²) < 4.78 is 0. The van der Waals surface area contributed by atoms with E-state index in [1.54, 1.807) is 0 Å². The van der Waals surface area contributed by atoms with Crippen molar-refractivity contribution in [1.29, 1.82) is 10.7 Å². The monoisotopic (exact) mass is 277 g/mol. The number of amidine groups is 1. The van der Waals surface area contributed by atoms with Crippen LogP contribution in [0.3, 0.4) is 0 Å². The number of rotatable bonds is 5. The quantitative estimate of drug-likeness (QED) is 0.306. The lowest BCUT2D eigenvalue weighted by atomic mass is 10.2. The Bertz CT molecular complexity index is 629. The molecule has 0 spiro atoms. The topological polar surface area (TPSA) is 184 Å². The highest BCUT2D eigenvalue weighted by Gasteiger charge is 2.16. The molecule has 11 nitrogen and oxygen atoms in total. The molecule has 1 rings (SSSR count). The van der Waals surface area contributed by atoms with Crippen molar-refractivity contribution in [2.24, 2.45) is 10.8 Å². The Kier molecular flexibility index (Phi) is 4.26. The summed E-state index contributed by atoms with van der Waals surface area (Å²) in [5.74, 6) is -0.611. The largest absolute Gasteiger partial charge is 0.382 e. The van der Waals surface area contributed by atoms with Crippen LogP contribution in [0.5, 0.6) is 0 Å². The molecule has 0 unspecified atom stereocenters. The Morgan fingerprint density at radius 2 is 1.80 bits per heavy atom. The van der Waals surface area contributed by atoms with Crippen molar-refractivity contribution in [3.63, 3.8) is 0 Å². The first-order chi connectivity index (χ1) is 9.35. The number of benzene rings is 1. The van der Waals surface area contributed by atoms with Gasteiger partial charge in [0.2, 0.25) is 5.71 Å². The van der Waals surface area contributed by atoms with Crippen LogP contribution in [-0.4, -0.2) is 21.4 Å². The summed E-state index contributed by atoms with van der Waals surface area (Å²) in [5, 5.41) is 40.3. The molecule has 0 fully saturated rings. The molecule has 1 aromatic carbocycles. The van der Waals surface area contributed by atoms with E-state index in [1.807, 2.05) is 0 Å². The SMILES string of the molecule is N#C/C(=N\Nc1cc([N+](=O)[O-])cc([N+](=O)[O-])c1)C(=N)N. The van der Waals surface area contributed by atoms with Crippen LogP contribution in [0.2, 0.25) is 0 Å². The molecule has 0 atom stereocenters. The number of hydrogen-bond donors (Lipinski definition) is 3. The average Bonchev–Trinajstić information content (AvgIpc) is 2.38. The third kappa shape index (κ3) is 3.47. The minimum atomic E-state index is -0.807. The fourth-order valence-corrected chi connectivity index (χ4v) is 1.14. The van der Waals surface area contributed by atoms with Gasteiger partial charge < -0.3 is 5.73 Å². The number of anilines is 1. The number of nitro groups is 2. The Hall–Kier alpha value is -3.55. The first-order valence-corrected chi connectivity index (χ1v) is 4.87. The van der Waals surface area contributed by atoms with Crippen molar-refractivity contribution >= 4 is 28.6 Å². The van der Waals surface area contributed by atoms with Gasteiger partial charge in [-0.05, 0) is 0 Å². The summed E-state index contributed by atoms with van der Waals surface area (Å²) in [6.07, 6.45) is 0. The summed E-state index contributed by atoms with van der Waals surface area (Å²) >= 11 is 0. The molecule has 0 bridgehead atoms. The first kappa shape index (κ1) is 14.5. The third-order valence-electron chi connectivity index (χ3n) is 1.98. The zero-order valence-corrected chi connectivity index (χ0v) is 9.73. The average molecular weight is 277 g/mol. The van der Waals surface area contributed by atoms with Crippen LogP contribution in [-0.2, 0) is 0 Å². The van der Waals surface area contributed by atoms with Crippen LogP contribution >= 0.6 is 0 Å². The molecule has 1 aromatic rings. The molecule has 11 heteroatoms. The maximum atomic E-state index is 10.6. The van der Waals surface area contributed by atoms with E-state index in [0.29, 0.717) is 0 Å². The zero-order valence-electron chi connectivity index (χ0n) is 9.73. The molecule has 0 aliphatic carbocycles. The van der Waals surface area contributed by atoms with Gasteiger partial charge in [0.1, 0.15) is 6.07 Å². The summed E-state index contributed by atoms with van der Waals surface area (Å²) in [6, 6.07) is 4.28. The van der Waals surface area contributed by atoms with Crippen molar-refractivity contribution in [3.05, 3.63) is 38.4 Å². The predicted octanol–water partition coefficient (Wildman–Crippen LogP) is 0.730. The lowest BCUT2D eigenvalue weighted by Crippen LogP contribution is -2.21. The summed E-state index contributed by atoms with van der Waals surface area (Å²) in [4.78, 5) is 19.7.